The van der Waals surface area contributed by atoms with Crippen LogP contribution in [-0.2, 0) is 32.4 Å². The third-order valence-corrected chi connectivity index (χ3v) is 7.56. The highest BCUT2D eigenvalue weighted by Gasteiger charge is 2.27. The Kier molecular flexibility index (Phi) is 7.27. The van der Waals surface area contributed by atoms with Gasteiger partial charge >= 0.3 is 5.97 Å². The van der Waals surface area contributed by atoms with Crippen molar-refractivity contribution in [3.05, 3.63) is 45.8 Å². The summed E-state index contributed by atoms with van der Waals surface area (Å²) in [4.78, 5) is 26.1. The number of thiophene rings is 1. The first-order valence-electron chi connectivity index (χ1n) is 9.99. The van der Waals surface area contributed by atoms with Crippen molar-refractivity contribution in [1.29, 1.82) is 0 Å². The molecule has 3 rings (SSSR count). The van der Waals surface area contributed by atoms with Gasteiger partial charge in [-0.3, -0.25) is 4.79 Å². The van der Waals surface area contributed by atoms with E-state index in [1.165, 1.54) is 23.5 Å². The van der Waals surface area contributed by atoms with E-state index in [4.69, 9.17) is 4.74 Å². The lowest BCUT2D eigenvalue weighted by atomic mass is 9.95. The number of fused-ring (bicyclic) bond motifs is 1. The van der Waals surface area contributed by atoms with Crippen molar-refractivity contribution in [3.63, 3.8) is 0 Å². The topological polar surface area (TPSA) is 102 Å². The Balaban J connectivity index is 1.64. The molecule has 30 heavy (non-hydrogen) atoms. The van der Waals surface area contributed by atoms with E-state index in [9.17, 15) is 18.0 Å². The van der Waals surface area contributed by atoms with Crippen LogP contribution in [0.2, 0.25) is 0 Å². The van der Waals surface area contributed by atoms with Gasteiger partial charge in [-0.25, -0.2) is 17.9 Å². The van der Waals surface area contributed by atoms with Gasteiger partial charge in [0.2, 0.25) is 15.9 Å². The second-order valence-corrected chi connectivity index (χ2v) is 10.0. The Morgan fingerprint density at radius 1 is 1.13 bits per heavy atom. The molecule has 1 aromatic carbocycles. The number of hydrogen-bond donors (Lipinski definition) is 2. The summed E-state index contributed by atoms with van der Waals surface area (Å²) in [6.45, 7) is 3.84. The van der Waals surface area contributed by atoms with E-state index in [2.05, 4.69) is 10.0 Å². The molecule has 1 aliphatic rings. The molecule has 0 bridgehead atoms. The number of amides is 1. The second-order valence-electron chi connectivity index (χ2n) is 7.14. The van der Waals surface area contributed by atoms with Crippen molar-refractivity contribution in [2.24, 2.45) is 0 Å². The van der Waals surface area contributed by atoms with Gasteiger partial charge in [0.25, 0.3) is 0 Å². The molecule has 2 N–H and O–H groups in total. The van der Waals surface area contributed by atoms with Gasteiger partial charge in [0.1, 0.15) is 5.00 Å². The second kappa shape index (κ2) is 9.72. The fourth-order valence-electron chi connectivity index (χ4n) is 3.36. The van der Waals surface area contributed by atoms with Gasteiger partial charge in [-0.1, -0.05) is 17.7 Å². The maximum Gasteiger partial charge on any atom is 0.341 e. The molecule has 162 valence electrons. The highest BCUT2D eigenvalue weighted by atomic mass is 32.2. The predicted octanol–water partition coefficient (Wildman–Crippen LogP) is 3.42. The molecule has 0 unspecified atom stereocenters. The van der Waals surface area contributed by atoms with Crippen molar-refractivity contribution in [3.8, 4) is 0 Å². The Morgan fingerprint density at radius 3 is 2.53 bits per heavy atom. The molecule has 7 nitrogen and oxygen atoms in total. The van der Waals surface area contributed by atoms with Crippen LogP contribution in [0.4, 0.5) is 5.00 Å². The molecular weight excluding hydrogens is 424 g/mol. The zero-order valence-electron chi connectivity index (χ0n) is 17.1. The molecule has 0 radical (unpaired) electrons. The van der Waals surface area contributed by atoms with E-state index in [0.717, 1.165) is 41.7 Å². The fourth-order valence-corrected chi connectivity index (χ4v) is 5.69. The van der Waals surface area contributed by atoms with Crippen LogP contribution >= 0.6 is 11.3 Å². The molecule has 0 saturated heterocycles. The highest BCUT2D eigenvalue weighted by molar-refractivity contribution is 7.89. The lowest BCUT2D eigenvalue weighted by Gasteiger charge is -2.12. The zero-order valence-corrected chi connectivity index (χ0v) is 18.7. The van der Waals surface area contributed by atoms with Gasteiger partial charge in [-0.15, -0.1) is 11.3 Å². The summed E-state index contributed by atoms with van der Waals surface area (Å²) in [5.74, 6) is -0.780. The third kappa shape index (κ3) is 5.27. The summed E-state index contributed by atoms with van der Waals surface area (Å²) >= 11 is 1.41. The first-order valence-corrected chi connectivity index (χ1v) is 12.3. The quantitative estimate of drug-likeness (QED) is 0.600. The van der Waals surface area contributed by atoms with Crippen molar-refractivity contribution >= 4 is 38.2 Å². The number of sulfonamides is 1. The molecule has 1 amide bonds. The van der Waals surface area contributed by atoms with Gasteiger partial charge in [0, 0.05) is 17.8 Å². The van der Waals surface area contributed by atoms with Crippen LogP contribution in [0.15, 0.2) is 29.2 Å². The summed E-state index contributed by atoms with van der Waals surface area (Å²) in [6.07, 6.45) is 3.70. The van der Waals surface area contributed by atoms with E-state index in [0.29, 0.717) is 10.6 Å². The van der Waals surface area contributed by atoms with E-state index >= 15 is 0 Å². The van der Waals surface area contributed by atoms with Crippen LogP contribution < -0.4 is 10.0 Å². The van der Waals surface area contributed by atoms with Crippen molar-refractivity contribution < 1.29 is 22.7 Å². The van der Waals surface area contributed by atoms with Crippen molar-refractivity contribution in [2.75, 3.05) is 18.5 Å². The van der Waals surface area contributed by atoms with Crippen molar-refractivity contribution in [2.45, 2.75) is 50.8 Å². The fraction of sp³-hybridized carbons (Fsp3) is 0.429. The Hall–Kier alpha value is -2.23. The average molecular weight is 451 g/mol. The van der Waals surface area contributed by atoms with Gasteiger partial charge in [-0.05, 0) is 57.2 Å². The van der Waals surface area contributed by atoms with Crippen molar-refractivity contribution in [1.82, 2.24) is 4.72 Å². The summed E-state index contributed by atoms with van der Waals surface area (Å²) < 4.78 is 32.3. The van der Waals surface area contributed by atoms with Crippen LogP contribution in [-0.4, -0.2) is 33.4 Å². The first kappa shape index (κ1) is 22.5. The number of nitrogens with one attached hydrogen (secondary N) is 2. The summed E-state index contributed by atoms with van der Waals surface area (Å²) in [5, 5.41) is 3.28. The maximum atomic E-state index is 12.4. The Bertz CT molecular complexity index is 1030. The molecule has 0 atom stereocenters. The van der Waals surface area contributed by atoms with Gasteiger partial charge in [-0.2, -0.15) is 0 Å². The maximum absolute atomic E-state index is 12.4. The number of anilines is 1. The van der Waals surface area contributed by atoms with Crippen LogP contribution in [0.3, 0.4) is 0 Å². The molecular formula is C21H26N2O5S2. The summed E-state index contributed by atoms with van der Waals surface area (Å²) in [5.41, 5.74) is 2.38. The molecule has 0 fully saturated rings. The number of ether oxygens (including phenoxy) is 1. The molecule has 2 aromatic rings. The van der Waals surface area contributed by atoms with E-state index in [-0.39, 0.29) is 30.4 Å². The van der Waals surface area contributed by atoms with Gasteiger partial charge in [0.05, 0.1) is 17.1 Å². The number of carbonyl (C=O) groups excluding carboxylic acids is 2. The number of rotatable bonds is 8. The summed E-state index contributed by atoms with van der Waals surface area (Å²) in [7, 11) is -3.68. The molecule has 1 aromatic heterocycles. The van der Waals surface area contributed by atoms with Crippen LogP contribution in [0.1, 0.15) is 52.5 Å². The van der Waals surface area contributed by atoms with E-state index in [1.54, 1.807) is 19.1 Å². The normalized spacial score (nSPS) is 13.5. The number of aryl methyl sites for hydroxylation is 2. The number of carbonyl (C=O) groups is 2. The van der Waals surface area contributed by atoms with Crippen LogP contribution in [0, 0.1) is 6.92 Å². The SMILES string of the molecule is CCOC(=O)c1c(NC(=O)CCNS(=O)(=O)c2ccc(C)cc2)sc2c1CCCC2. The van der Waals surface area contributed by atoms with Crippen LogP contribution in [0.25, 0.3) is 0 Å². The molecule has 0 spiro atoms. The smallest absolute Gasteiger partial charge is 0.341 e. The molecule has 0 saturated carbocycles. The standard InChI is InChI=1S/C21H26N2O5S2/c1-3-28-21(25)19-16-6-4-5-7-17(16)29-20(19)23-18(24)12-13-22-30(26,27)15-10-8-14(2)9-11-15/h8-11,22H,3-7,12-13H2,1-2H3,(H,23,24). The van der Waals surface area contributed by atoms with Gasteiger partial charge in [0.15, 0.2) is 0 Å². The molecule has 0 aliphatic heterocycles. The third-order valence-electron chi connectivity index (χ3n) is 4.88. The average Bonchev–Trinajstić information content (AvgIpc) is 3.06. The lowest BCUT2D eigenvalue weighted by molar-refractivity contribution is -0.116. The lowest BCUT2D eigenvalue weighted by Crippen LogP contribution is -2.28. The van der Waals surface area contributed by atoms with Gasteiger partial charge < -0.3 is 10.1 Å². The van der Waals surface area contributed by atoms with Crippen LogP contribution in [0.5, 0.6) is 0 Å². The minimum Gasteiger partial charge on any atom is -0.462 e. The number of esters is 1. The molecule has 1 aliphatic carbocycles. The zero-order chi connectivity index (χ0) is 21.7. The summed E-state index contributed by atoms with van der Waals surface area (Å²) in [6, 6.07) is 6.49. The first-order chi connectivity index (χ1) is 14.3. The Morgan fingerprint density at radius 2 is 1.83 bits per heavy atom. The monoisotopic (exact) mass is 450 g/mol. The number of benzene rings is 1. The molecule has 1 heterocycles. The largest absolute Gasteiger partial charge is 0.462 e. The highest BCUT2D eigenvalue weighted by Crippen LogP contribution is 2.38. The minimum atomic E-state index is -3.68. The molecule has 9 heteroatoms. The number of hydrogen-bond acceptors (Lipinski definition) is 6. The Labute approximate surface area is 180 Å². The van der Waals surface area contributed by atoms with E-state index < -0.39 is 16.0 Å². The van der Waals surface area contributed by atoms with E-state index in [1.807, 2.05) is 6.92 Å². The minimum absolute atomic E-state index is 0.0398. The predicted molar refractivity (Wildman–Crippen MR) is 117 cm³/mol.